The maximum Gasteiger partial charge on any atom is 0.171 e. The Balaban J connectivity index is 2.20. The van der Waals surface area contributed by atoms with E-state index >= 15 is 0 Å². The first-order valence-corrected chi connectivity index (χ1v) is 5.51. The molecule has 0 aliphatic heterocycles. The van der Waals surface area contributed by atoms with E-state index in [1.807, 2.05) is 0 Å². The van der Waals surface area contributed by atoms with Gasteiger partial charge in [0.05, 0.1) is 19.1 Å². The molecule has 0 atom stereocenters. The van der Waals surface area contributed by atoms with Gasteiger partial charge in [-0.25, -0.2) is 0 Å². The third-order valence-corrected chi connectivity index (χ3v) is 3.45. The number of ether oxygens (including phenoxy) is 1. The summed E-state index contributed by atoms with van der Waals surface area (Å²) in [5.41, 5.74) is 0.156. The Hall–Kier alpha value is -1.35. The van der Waals surface area contributed by atoms with Gasteiger partial charge in [0.2, 0.25) is 0 Å². The zero-order chi connectivity index (χ0) is 11.6. The third-order valence-electron chi connectivity index (χ3n) is 3.45. The van der Waals surface area contributed by atoms with Crippen LogP contribution in [0.1, 0.15) is 29.6 Å². The quantitative estimate of drug-likeness (QED) is 0.790. The number of rotatable bonds is 4. The SMILES string of the molecule is COc1ccc(C(=O)C2(CO)CCC2)cc1. The highest BCUT2D eigenvalue weighted by Crippen LogP contribution is 2.43. The number of benzene rings is 1. The van der Waals surface area contributed by atoms with Crippen molar-refractivity contribution in [2.24, 2.45) is 5.41 Å². The Labute approximate surface area is 95.0 Å². The molecule has 0 aromatic heterocycles. The molecule has 1 aliphatic carbocycles. The van der Waals surface area contributed by atoms with Crippen molar-refractivity contribution >= 4 is 5.78 Å². The first-order valence-electron chi connectivity index (χ1n) is 5.51. The standard InChI is InChI=1S/C13H16O3/c1-16-11-5-3-10(4-6-11)12(15)13(9-14)7-2-8-13/h3-6,14H,2,7-9H2,1H3. The minimum absolute atomic E-state index is 0.0438. The first kappa shape index (κ1) is 11.1. The van der Waals surface area contributed by atoms with Crippen LogP contribution in [0.3, 0.4) is 0 Å². The number of aliphatic hydroxyl groups is 1. The molecule has 0 spiro atoms. The fourth-order valence-corrected chi connectivity index (χ4v) is 2.11. The molecule has 1 aliphatic rings. The van der Waals surface area contributed by atoms with E-state index in [0.717, 1.165) is 25.0 Å². The lowest BCUT2D eigenvalue weighted by molar-refractivity contribution is 0.0348. The predicted octanol–water partition coefficient (Wildman–Crippen LogP) is 2.04. The maximum atomic E-state index is 12.2. The lowest BCUT2D eigenvalue weighted by Gasteiger charge is -2.38. The Bertz CT molecular complexity index is 371. The summed E-state index contributed by atoms with van der Waals surface area (Å²) in [7, 11) is 1.60. The summed E-state index contributed by atoms with van der Waals surface area (Å²) in [6.07, 6.45) is 2.63. The molecular weight excluding hydrogens is 204 g/mol. The number of methoxy groups -OCH3 is 1. The smallest absolute Gasteiger partial charge is 0.171 e. The molecule has 0 radical (unpaired) electrons. The van der Waals surface area contributed by atoms with Crippen molar-refractivity contribution in [3.05, 3.63) is 29.8 Å². The van der Waals surface area contributed by atoms with Gasteiger partial charge in [-0.1, -0.05) is 6.42 Å². The molecule has 0 saturated heterocycles. The summed E-state index contributed by atoms with van der Waals surface area (Å²) in [4.78, 5) is 12.2. The minimum Gasteiger partial charge on any atom is -0.497 e. The molecule has 86 valence electrons. The van der Waals surface area contributed by atoms with Crippen LogP contribution >= 0.6 is 0 Å². The average molecular weight is 220 g/mol. The molecule has 1 fully saturated rings. The van der Waals surface area contributed by atoms with Gasteiger partial charge in [0.1, 0.15) is 5.75 Å². The second-order valence-electron chi connectivity index (χ2n) is 4.35. The molecular formula is C13H16O3. The summed E-state index contributed by atoms with van der Waals surface area (Å²) in [5, 5.41) is 9.32. The molecule has 0 heterocycles. The number of carbonyl (C=O) groups is 1. The minimum atomic E-state index is -0.505. The van der Waals surface area contributed by atoms with Crippen LogP contribution in [0.15, 0.2) is 24.3 Å². The summed E-state index contributed by atoms with van der Waals surface area (Å²) in [6, 6.07) is 7.07. The maximum absolute atomic E-state index is 12.2. The van der Waals surface area contributed by atoms with E-state index in [4.69, 9.17) is 4.74 Å². The topological polar surface area (TPSA) is 46.5 Å². The van der Waals surface area contributed by atoms with E-state index in [-0.39, 0.29) is 12.4 Å². The van der Waals surface area contributed by atoms with Crippen LogP contribution in [0.25, 0.3) is 0 Å². The largest absolute Gasteiger partial charge is 0.497 e. The molecule has 1 aromatic carbocycles. The zero-order valence-corrected chi connectivity index (χ0v) is 9.40. The summed E-state index contributed by atoms with van der Waals surface area (Å²) in [6.45, 7) is -0.0438. The highest BCUT2D eigenvalue weighted by Gasteiger charge is 2.43. The predicted molar refractivity (Wildman–Crippen MR) is 60.7 cm³/mol. The second-order valence-corrected chi connectivity index (χ2v) is 4.35. The van der Waals surface area contributed by atoms with Gasteiger partial charge in [0.15, 0.2) is 5.78 Å². The third kappa shape index (κ3) is 1.71. The first-order chi connectivity index (χ1) is 7.72. The van der Waals surface area contributed by atoms with Gasteiger partial charge in [0, 0.05) is 5.56 Å². The van der Waals surface area contributed by atoms with Gasteiger partial charge in [-0.15, -0.1) is 0 Å². The fourth-order valence-electron chi connectivity index (χ4n) is 2.11. The average Bonchev–Trinajstić information content (AvgIpc) is 2.28. The van der Waals surface area contributed by atoms with Crippen LogP contribution in [-0.4, -0.2) is 24.6 Å². The van der Waals surface area contributed by atoms with E-state index in [9.17, 15) is 9.90 Å². The van der Waals surface area contributed by atoms with Gasteiger partial charge in [0.25, 0.3) is 0 Å². The summed E-state index contributed by atoms with van der Waals surface area (Å²) in [5.74, 6) is 0.798. The molecule has 1 N–H and O–H groups in total. The Kier molecular flexibility index (Phi) is 2.97. The number of Topliss-reactive ketones (excluding diaryl/α,β-unsaturated/α-hetero) is 1. The Morgan fingerprint density at radius 3 is 2.38 bits per heavy atom. The van der Waals surface area contributed by atoms with E-state index in [1.54, 1.807) is 31.4 Å². The van der Waals surface area contributed by atoms with Gasteiger partial charge < -0.3 is 9.84 Å². The molecule has 1 saturated carbocycles. The van der Waals surface area contributed by atoms with Crippen LogP contribution in [0.4, 0.5) is 0 Å². The van der Waals surface area contributed by atoms with Gasteiger partial charge in [-0.05, 0) is 37.1 Å². The highest BCUT2D eigenvalue weighted by molar-refractivity contribution is 6.01. The van der Waals surface area contributed by atoms with Crippen molar-refractivity contribution < 1.29 is 14.6 Å². The molecule has 0 amide bonds. The number of hydrogen-bond donors (Lipinski definition) is 1. The van der Waals surface area contributed by atoms with Crippen molar-refractivity contribution in [1.82, 2.24) is 0 Å². The molecule has 2 rings (SSSR count). The molecule has 3 nitrogen and oxygen atoms in total. The zero-order valence-electron chi connectivity index (χ0n) is 9.40. The second kappa shape index (κ2) is 4.26. The van der Waals surface area contributed by atoms with Gasteiger partial charge in [-0.2, -0.15) is 0 Å². The van der Waals surface area contributed by atoms with E-state index in [1.165, 1.54) is 0 Å². The molecule has 0 unspecified atom stereocenters. The Morgan fingerprint density at radius 1 is 1.38 bits per heavy atom. The van der Waals surface area contributed by atoms with Gasteiger partial charge in [-0.3, -0.25) is 4.79 Å². The number of carbonyl (C=O) groups excluding carboxylic acids is 1. The molecule has 16 heavy (non-hydrogen) atoms. The molecule has 0 bridgehead atoms. The van der Waals surface area contributed by atoms with Crippen molar-refractivity contribution in [2.45, 2.75) is 19.3 Å². The van der Waals surface area contributed by atoms with E-state index in [0.29, 0.717) is 5.56 Å². The monoisotopic (exact) mass is 220 g/mol. The van der Waals surface area contributed by atoms with Crippen molar-refractivity contribution in [1.29, 1.82) is 0 Å². The fraction of sp³-hybridized carbons (Fsp3) is 0.462. The van der Waals surface area contributed by atoms with Crippen LogP contribution in [0.2, 0.25) is 0 Å². The van der Waals surface area contributed by atoms with Crippen LogP contribution in [0, 0.1) is 5.41 Å². The number of aliphatic hydroxyl groups excluding tert-OH is 1. The molecule has 3 heteroatoms. The number of hydrogen-bond acceptors (Lipinski definition) is 3. The van der Waals surface area contributed by atoms with E-state index < -0.39 is 5.41 Å². The normalized spacial score (nSPS) is 17.6. The summed E-state index contributed by atoms with van der Waals surface area (Å²) < 4.78 is 5.04. The lowest BCUT2D eigenvalue weighted by Crippen LogP contribution is -2.41. The summed E-state index contributed by atoms with van der Waals surface area (Å²) >= 11 is 0. The van der Waals surface area contributed by atoms with Crippen molar-refractivity contribution in [3.8, 4) is 5.75 Å². The Morgan fingerprint density at radius 2 is 2.00 bits per heavy atom. The molecule has 1 aromatic rings. The highest BCUT2D eigenvalue weighted by atomic mass is 16.5. The van der Waals surface area contributed by atoms with Crippen molar-refractivity contribution in [3.63, 3.8) is 0 Å². The van der Waals surface area contributed by atoms with Gasteiger partial charge >= 0.3 is 0 Å². The number of ketones is 1. The lowest BCUT2D eigenvalue weighted by atomic mass is 9.65. The van der Waals surface area contributed by atoms with Crippen LogP contribution in [-0.2, 0) is 0 Å². The van der Waals surface area contributed by atoms with Crippen LogP contribution < -0.4 is 4.74 Å². The van der Waals surface area contributed by atoms with E-state index in [2.05, 4.69) is 0 Å². The van der Waals surface area contributed by atoms with Crippen LogP contribution in [0.5, 0.6) is 5.75 Å². The van der Waals surface area contributed by atoms with Crippen molar-refractivity contribution in [2.75, 3.05) is 13.7 Å².